The first kappa shape index (κ1) is 23.1. The number of sulfonamides is 1. The summed E-state index contributed by atoms with van der Waals surface area (Å²) in [7, 11) is -3.43. The van der Waals surface area contributed by atoms with E-state index in [9.17, 15) is 13.2 Å². The number of nitrogens with one attached hydrogen (secondary N) is 1. The van der Waals surface area contributed by atoms with Crippen molar-refractivity contribution in [3.8, 4) is 11.5 Å². The third-order valence-electron chi connectivity index (χ3n) is 5.21. The smallest absolute Gasteiger partial charge is 0.260 e. The van der Waals surface area contributed by atoms with E-state index < -0.39 is 16.1 Å². The molecule has 7 nitrogen and oxygen atoms in total. The zero-order valence-corrected chi connectivity index (χ0v) is 19.1. The highest BCUT2D eigenvalue weighted by atomic mass is 32.2. The second-order valence-corrected chi connectivity index (χ2v) is 9.69. The Kier molecular flexibility index (Phi) is 7.56. The summed E-state index contributed by atoms with van der Waals surface area (Å²) in [6, 6.07) is 12.3. The number of carbonyl (C=O) groups excluding carboxylic acids is 1. The van der Waals surface area contributed by atoms with Gasteiger partial charge >= 0.3 is 0 Å². The Morgan fingerprint density at radius 1 is 1.10 bits per heavy atom. The summed E-state index contributed by atoms with van der Waals surface area (Å²) < 4.78 is 38.0. The van der Waals surface area contributed by atoms with Crippen molar-refractivity contribution < 1.29 is 22.7 Å². The quantitative estimate of drug-likeness (QED) is 0.599. The van der Waals surface area contributed by atoms with Crippen molar-refractivity contribution in [2.24, 2.45) is 0 Å². The summed E-state index contributed by atoms with van der Waals surface area (Å²) in [4.78, 5) is 12.5. The van der Waals surface area contributed by atoms with Crippen LogP contribution in [0.2, 0.25) is 0 Å². The first-order valence-electron chi connectivity index (χ1n) is 10.5. The standard InChI is InChI=1S/C23H30N2O5S/c1-17-6-7-18(2)22(16-17)30-19(3)23(26)24-12-15-29-20-8-10-21(11-9-20)31(27,28)25-13-4-5-14-25/h6-11,16,19H,4-5,12-15H2,1-3H3,(H,24,26)/t19-/m0/s1. The van der Waals surface area contributed by atoms with E-state index in [-0.39, 0.29) is 17.4 Å². The maximum absolute atomic E-state index is 12.5. The highest BCUT2D eigenvalue weighted by molar-refractivity contribution is 7.89. The average Bonchev–Trinajstić information content (AvgIpc) is 3.30. The SMILES string of the molecule is Cc1ccc(C)c(O[C@@H](C)C(=O)NCCOc2ccc(S(=O)(=O)N3CCCC3)cc2)c1. The molecule has 1 heterocycles. The van der Waals surface area contributed by atoms with Gasteiger partial charge in [-0.1, -0.05) is 12.1 Å². The summed E-state index contributed by atoms with van der Waals surface area (Å²) in [5, 5.41) is 2.79. The summed E-state index contributed by atoms with van der Waals surface area (Å²) in [5.41, 5.74) is 2.05. The fourth-order valence-electron chi connectivity index (χ4n) is 3.35. The summed E-state index contributed by atoms with van der Waals surface area (Å²) >= 11 is 0. The molecule has 2 aromatic rings. The topological polar surface area (TPSA) is 84.9 Å². The largest absolute Gasteiger partial charge is 0.492 e. The van der Waals surface area contributed by atoms with Gasteiger partial charge in [-0.25, -0.2) is 8.42 Å². The minimum atomic E-state index is -3.43. The number of hydrogen-bond acceptors (Lipinski definition) is 5. The van der Waals surface area contributed by atoms with Crippen LogP contribution >= 0.6 is 0 Å². The number of carbonyl (C=O) groups is 1. The molecule has 168 valence electrons. The molecule has 0 unspecified atom stereocenters. The van der Waals surface area contributed by atoms with Gasteiger partial charge in [0.05, 0.1) is 11.4 Å². The first-order chi connectivity index (χ1) is 14.8. The highest BCUT2D eigenvalue weighted by Gasteiger charge is 2.26. The van der Waals surface area contributed by atoms with Gasteiger partial charge in [0, 0.05) is 13.1 Å². The average molecular weight is 447 g/mol. The lowest BCUT2D eigenvalue weighted by Crippen LogP contribution is -2.38. The van der Waals surface area contributed by atoms with Crippen molar-refractivity contribution in [2.45, 2.75) is 44.6 Å². The molecule has 0 saturated carbocycles. The summed E-state index contributed by atoms with van der Waals surface area (Å²) in [6.07, 6.45) is 1.18. The van der Waals surface area contributed by atoms with Crippen molar-refractivity contribution in [1.82, 2.24) is 9.62 Å². The van der Waals surface area contributed by atoms with Gasteiger partial charge in [0.15, 0.2) is 6.10 Å². The highest BCUT2D eigenvalue weighted by Crippen LogP contribution is 2.23. The van der Waals surface area contributed by atoms with Crippen LogP contribution < -0.4 is 14.8 Å². The Balaban J connectivity index is 1.44. The van der Waals surface area contributed by atoms with Crippen LogP contribution in [0.4, 0.5) is 0 Å². The van der Waals surface area contributed by atoms with Gasteiger partial charge in [-0.15, -0.1) is 0 Å². The Morgan fingerprint density at radius 2 is 1.77 bits per heavy atom. The van der Waals surface area contributed by atoms with Crippen LogP contribution in [0.3, 0.4) is 0 Å². The monoisotopic (exact) mass is 446 g/mol. The lowest BCUT2D eigenvalue weighted by molar-refractivity contribution is -0.127. The van der Waals surface area contributed by atoms with Gasteiger partial charge in [-0.3, -0.25) is 4.79 Å². The minimum absolute atomic E-state index is 0.225. The fourth-order valence-corrected chi connectivity index (χ4v) is 4.87. The Morgan fingerprint density at radius 3 is 2.45 bits per heavy atom. The van der Waals surface area contributed by atoms with Gasteiger partial charge in [0.2, 0.25) is 10.0 Å². The van der Waals surface area contributed by atoms with Crippen LogP contribution in [0.15, 0.2) is 47.4 Å². The van der Waals surface area contributed by atoms with Crippen LogP contribution in [0.1, 0.15) is 30.9 Å². The molecule has 3 rings (SSSR count). The van der Waals surface area contributed by atoms with E-state index in [2.05, 4.69) is 5.32 Å². The molecule has 31 heavy (non-hydrogen) atoms. The van der Waals surface area contributed by atoms with Crippen LogP contribution in [-0.2, 0) is 14.8 Å². The molecule has 1 N–H and O–H groups in total. The lowest BCUT2D eigenvalue weighted by Gasteiger charge is -2.17. The van der Waals surface area contributed by atoms with E-state index >= 15 is 0 Å². The third-order valence-corrected chi connectivity index (χ3v) is 7.13. The van der Waals surface area contributed by atoms with Crippen LogP contribution in [-0.4, -0.2) is 51.0 Å². The number of hydrogen-bond donors (Lipinski definition) is 1. The molecule has 1 amide bonds. The summed E-state index contributed by atoms with van der Waals surface area (Å²) in [5.74, 6) is 1.02. The van der Waals surface area contributed by atoms with Crippen molar-refractivity contribution in [3.05, 3.63) is 53.6 Å². The number of aryl methyl sites for hydroxylation is 2. The van der Waals surface area contributed by atoms with E-state index in [1.165, 1.54) is 4.31 Å². The number of amides is 1. The van der Waals surface area contributed by atoms with Crippen molar-refractivity contribution >= 4 is 15.9 Å². The van der Waals surface area contributed by atoms with E-state index in [1.54, 1.807) is 31.2 Å². The fraction of sp³-hybridized carbons (Fsp3) is 0.435. The van der Waals surface area contributed by atoms with Crippen molar-refractivity contribution in [3.63, 3.8) is 0 Å². The van der Waals surface area contributed by atoms with E-state index in [4.69, 9.17) is 9.47 Å². The molecule has 1 aliphatic heterocycles. The minimum Gasteiger partial charge on any atom is -0.492 e. The molecule has 0 aliphatic carbocycles. The molecular formula is C23H30N2O5S. The van der Waals surface area contributed by atoms with Crippen molar-refractivity contribution in [2.75, 3.05) is 26.2 Å². The van der Waals surface area contributed by atoms with Crippen molar-refractivity contribution in [1.29, 1.82) is 0 Å². The third kappa shape index (κ3) is 5.98. The van der Waals surface area contributed by atoms with E-state index in [0.29, 0.717) is 31.1 Å². The van der Waals surface area contributed by atoms with Gasteiger partial charge in [0.25, 0.3) is 5.91 Å². The normalized spacial score (nSPS) is 15.5. The molecule has 8 heteroatoms. The van der Waals surface area contributed by atoms with Gasteiger partial charge < -0.3 is 14.8 Å². The van der Waals surface area contributed by atoms with Gasteiger partial charge in [-0.2, -0.15) is 4.31 Å². The molecule has 0 radical (unpaired) electrons. The predicted octanol–water partition coefficient (Wildman–Crippen LogP) is 3.05. The number of ether oxygens (including phenoxy) is 2. The zero-order valence-electron chi connectivity index (χ0n) is 18.3. The van der Waals surface area contributed by atoms with E-state index in [1.807, 2.05) is 32.0 Å². The maximum atomic E-state index is 12.5. The lowest BCUT2D eigenvalue weighted by atomic mass is 10.1. The van der Waals surface area contributed by atoms with Crippen LogP contribution in [0.5, 0.6) is 11.5 Å². The van der Waals surface area contributed by atoms with Gasteiger partial charge in [0.1, 0.15) is 18.1 Å². The molecule has 0 aromatic heterocycles. The number of rotatable bonds is 9. The Hall–Kier alpha value is -2.58. The second kappa shape index (κ2) is 10.2. The first-order valence-corrected chi connectivity index (χ1v) is 12.0. The molecule has 2 aromatic carbocycles. The molecule has 0 spiro atoms. The van der Waals surface area contributed by atoms with E-state index in [0.717, 1.165) is 24.0 Å². The summed E-state index contributed by atoms with van der Waals surface area (Å²) in [6.45, 7) is 7.35. The molecular weight excluding hydrogens is 416 g/mol. The number of benzene rings is 2. The van der Waals surface area contributed by atoms with Crippen LogP contribution in [0, 0.1) is 13.8 Å². The Labute approximate surface area is 184 Å². The number of nitrogens with zero attached hydrogens (tertiary/aromatic N) is 1. The predicted molar refractivity (Wildman–Crippen MR) is 119 cm³/mol. The molecule has 0 bridgehead atoms. The molecule has 1 saturated heterocycles. The molecule has 1 fully saturated rings. The second-order valence-electron chi connectivity index (χ2n) is 7.75. The molecule has 1 aliphatic rings. The molecule has 1 atom stereocenters. The van der Waals surface area contributed by atoms with Crippen LogP contribution in [0.25, 0.3) is 0 Å². The Bertz CT molecular complexity index is 999. The van der Waals surface area contributed by atoms with Gasteiger partial charge in [-0.05, 0) is 75.1 Å². The maximum Gasteiger partial charge on any atom is 0.260 e. The zero-order chi connectivity index (χ0) is 22.4.